The minimum atomic E-state index is -4.08. The van der Waals surface area contributed by atoms with Gasteiger partial charge in [-0.25, -0.2) is 12.8 Å². The summed E-state index contributed by atoms with van der Waals surface area (Å²) in [5.74, 6) is -1.16. The predicted molar refractivity (Wildman–Crippen MR) is 117 cm³/mol. The topological polar surface area (TPSA) is 96.3 Å². The van der Waals surface area contributed by atoms with Crippen molar-refractivity contribution in [1.82, 2.24) is 14.7 Å². The number of likely N-dealkylation sites (N-methyl/N-ethyl adjacent to an activating group) is 1. The Hall–Kier alpha value is -3.24. The van der Waals surface area contributed by atoms with Crippen molar-refractivity contribution in [1.29, 1.82) is 0 Å². The number of aromatic nitrogens is 2. The number of nitrogens with one attached hydrogen (secondary N) is 2. The molecule has 164 valence electrons. The van der Waals surface area contributed by atoms with E-state index in [0.717, 1.165) is 12.6 Å². The van der Waals surface area contributed by atoms with Crippen LogP contribution in [-0.2, 0) is 16.6 Å². The third-order valence-electron chi connectivity index (χ3n) is 4.55. The van der Waals surface area contributed by atoms with Gasteiger partial charge in [0.15, 0.2) is 0 Å². The fourth-order valence-electron chi connectivity index (χ4n) is 2.81. The minimum absolute atomic E-state index is 0.145. The Bertz CT molecular complexity index is 1190. The van der Waals surface area contributed by atoms with Crippen LogP contribution in [0.25, 0.3) is 0 Å². The maximum atomic E-state index is 13.8. The van der Waals surface area contributed by atoms with E-state index in [1.54, 1.807) is 17.8 Å². The second-order valence-corrected chi connectivity index (χ2v) is 8.99. The molecule has 1 heterocycles. The highest BCUT2D eigenvalue weighted by atomic mass is 32.2. The number of amides is 1. The average Bonchev–Trinajstić information content (AvgIpc) is 3.15. The van der Waals surface area contributed by atoms with E-state index in [1.807, 2.05) is 19.0 Å². The van der Waals surface area contributed by atoms with Gasteiger partial charge < -0.3 is 10.2 Å². The van der Waals surface area contributed by atoms with E-state index in [-0.39, 0.29) is 16.1 Å². The first kappa shape index (κ1) is 22.4. The van der Waals surface area contributed by atoms with E-state index in [9.17, 15) is 17.6 Å². The van der Waals surface area contributed by atoms with Crippen LogP contribution in [0.15, 0.2) is 59.8 Å². The number of aryl methyl sites for hydroxylation is 1. The molecule has 0 bridgehead atoms. The molecule has 0 aliphatic heterocycles. The van der Waals surface area contributed by atoms with Crippen molar-refractivity contribution in [2.75, 3.05) is 30.7 Å². The number of sulfonamides is 1. The largest absolute Gasteiger partial charge is 0.319 e. The molecule has 0 aliphatic carbocycles. The fourth-order valence-corrected chi connectivity index (χ4v) is 3.90. The maximum absolute atomic E-state index is 13.8. The van der Waals surface area contributed by atoms with Crippen molar-refractivity contribution >= 4 is 27.3 Å². The Balaban J connectivity index is 1.79. The molecule has 2 N–H and O–H groups in total. The molecular formula is C21H24FN5O3S. The van der Waals surface area contributed by atoms with Crippen LogP contribution in [0, 0.1) is 12.7 Å². The lowest BCUT2D eigenvalue weighted by atomic mass is 10.1. The Labute approximate surface area is 180 Å². The number of carbonyl (C=O) groups is 1. The molecule has 10 heteroatoms. The summed E-state index contributed by atoms with van der Waals surface area (Å²) in [6, 6.07) is 9.63. The quantitative estimate of drug-likeness (QED) is 0.556. The summed E-state index contributed by atoms with van der Waals surface area (Å²) in [5.41, 5.74) is 1.12. The van der Waals surface area contributed by atoms with E-state index >= 15 is 0 Å². The molecule has 0 saturated heterocycles. The molecule has 0 saturated carbocycles. The summed E-state index contributed by atoms with van der Waals surface area (Å²) in [7, 11) is -0.173. The second kappa shape index (κ2) is 9.27. The number of halogens is 1. The van der Waals surface area contributed by atoms with Gasteiger partial charge in [-0.2, -0.15) is 5.10 Å². The van der Waals surface area contributed by atoms with Gasteiger partial charge in [0.05, 0.1) is 29.0 Å². The highest BCUT2D eigenvalue weighted by Gasteiger charge is 2.20. The Morgan fingerprint density at radius 3 is 2.65 bits per heavy atom. The molecule has 0 atom stereocenters. The van der Waals surface area contributed by atoms with Crippen molar-refractivity contribution < 1.29 is 17.6 Å². The monoisotopic (exact) mass is 445 g/mol. The first-order chi connectivity index (χ1) is 14.7. The highest BCUT2D eigenvalue weighted by Crippen LogP contribution is 2.22. The fraction of sp³-hybridized carbons (Fsp3) is 0.238. The SMILES string of the molecule is Cc1ccc(S(=O)(=O)Nc2ccccc2F)cc1C(=O)Nc1cnn(CCN(C)C)c1. The zero-order valence-electron chi connectivity index (χ0n) is 17.5. The van der Waals surface area contributed by atoms with E-state index in [4.69, 9.17) is 0 Å². The van der Waals surface area contributed by atoms with Crippen molar-refractivity contribution in [2.45, 2.75) is 18.4 Å². The third kappa shape index (κ3) is 5.68. The number of rotatable bonds is 8. The molecule has 0 radical (unpaired) electrons. The predicted octanol–water partition coefficient (Wildman–Crippen LogP) is 2.95. The molecule has 3 rings (SSSR count). The van der Waals surface area contributed by atoms with Gasteiger partial charge in [0.1, 0.15) is 5.82 Å². The second-order valence-electron chi connectivity index (χ2n) is 7.31. The summed E-state index contributed by atoms with van der Waals surface area (Å²) in [4.78, 5) is 14.6. The first-order valence-electron chi connectivity index (χ1n) is 9.52. The van der Waals surface area contributed by atoms with Crippen molar-refractivity contribution in [2.24, 2.45) is 0 Å². The molecule has 2 aromatic carbocycles. The Morgan fingerprint density at radius 2 is 1.94 bits per heavy atom. The van der Waals surface area contributed by atoms with Crippen molar-refractivity contribution in [3.8, 4) is 0 Å². The number of para-hydroxylation sites is 1. The van der Waals surface area contributed by atoms with Gasteiger partial charge >= 0.3 is 0 Å². The molecule has 0 aliphatic rings. The number of hydrogen-bond acceptors (Lipinski definition) is 5. The van der Waals surface area contributed by atoms with Crippen molar-refractivity contribution in [3.63, 3.8) is 0 Å². The maximum Gasteiger partial charge on any atom is 0.262 e. The normalized spacial score (nSPS) is 11.5. The molecule has 3 aromatic rings. The van der Waals surface area contributed by atoms with Crippen LogP contribution < -0.4 is 10.0 Å². The molecular weight excluding hydrogens is 421 g/mol. The smallest absolute Gasteiger partial charge is 0.262 e. The van der Waals surface area contributed by atoms with Crippen molar-refractivity contribution in [3.05, 3.63) is 71.8 Å². The molecule has 0 fully saturated rings. The van der Waals surface area contributed by atoms with Gasteiger partial charge in [0, 0.05) is 18.3 Å². The summed E-state index contributed by atoms with van der Waals surface area (Å²) < 4.78 is 43.2. The Kier molecular flexibility index (Phi) is 6.71. The van der Waals surface area contributed by atoms with Gasteiger partial charge in [0.25, 0.3) is 15.9 Å². The van der Waals surface area contributed by atoms with Gasteiger partial charge in [-0.3, -0.25) is 14.2 Å². The van der Waals surface area contributed by atoms with Gasteiger partial charge in [-0.15, -0.1) is 0 Å². The van der Waals surface area contributed by atoms with E-state index in [1.165, 1.54) is 42.6 Å². The minimum Gasteiger partial charge on any atom is -0.319 e. The first-order valence-corrected chi connectivity index (χ1v) is 11.0. The molecule has 0 spiro atoms. The third-order valence-corrected chi connectivity index (χ3v) is 5.91. The van der Waals surface area contributed by atoms with Crippen LogP contribution in [0.5, 0.6) is 0 Å². The van der Waals surface area contributed by atoms with E-state index in [0.29, 0.717) is 17.8 Å². The number of nitrogens with zero attached hydrogens (tertiary/aromatic N) is 3. The van der Waals surface area contributed by atoms with Crippen LogP contribution in [0.3, 0.4) is 0 Å². The lowest BCUT2D eigenvalue weighted by Gasteiger charge is -2.12. The standard InChI is InChI=1S/C21H24FN5O3S/c1-15-8-9-17(31(29,30)25-20-7-5-4-6-19(20)22)12-18(15)21(28)24-16-13-23-27(14-16)11-10-26(2)3/h4-9,12-14,25H,10-11H2,1-3H3,(H,24,28). The van der Waals surface area contributed by atoms with Gasteiger partial charge in [0.2, 0.25) is 0 Å². The summed E-state index contributed by atoms with van der Waals surface area (Å²) in [6.45, 7) is 3.16. The zero-order chi connectivity index (χ0) is 22.6. The summed E-state index contributed by atoms with van der Waals surface area (Å²) in [6.07, 6.45) is 3.24. The lowest BCUT2D eigenvalue weighted by molar-refractivity contribution is 0.102. The van der Waals surface area contributed by atoms with Crippen LogP contribution >= 0.6 is 0 Å². The van der Waals surface area contributed by atoms with Gasteiger partial charge in [-0.05, 0) is 50.8 Å². The number of carbonyl (C=O) groups excluding carboxylic acids is 1. The molecule has 0 unspecified atom stereocenters. The van der Waals surface area contributed by atoms with E-state index < -0.39 is 21.7 Å². The number of hydrogen-bond donors (Lipinski definition) is 2. The van der Waals surface area contributed by atoms with Gasteiger partial charge in [-0.1, -0.05) is 18.2 Å². The van der Waals surface area contributed by atoms with Crippen LogP contribution in [0.1, 0.15) is 15.9 Å². The molecule has 8 nitrogen and oxygen atoms in total. The van der Waals surface area contributed by atoms with Crippen LogP contribution in [-0.4, -0.2) is 49.6 Å². The summed E-state index contributed by atoms with van der Waals surface area (Å²) in [5, 5.41) is 6.94. The zero-order valence-corrected chi connectivity index (χ0v) is 18.3. The summed E-state index contributed by atoms with van der Waals surface area (Å²) >= 11 is 0. The average molecular weight is 446 g/mol. The van der Waals surface area contributed by atoms with Crippen LogP contribution in [0.4, 0.5) is 15.8 Å². The van der Waals surface area contributed by atoms with Crippen LogP contribution in [0.2, 0.25) is 0 Å². The lowest BCUT2D eigenvalue weighted by Crippen LogP contribution is -2.18. The molecule has 31 heavy (non-hydrogen) atoms. The highest BCUT2D eigenvalue weighted by molar-refractivity contribution is 7.92. The molecule has 1 aromatic heterocycles. The molecule has 1 amide bonds. The van der Waals surface area contributed by atoms with E-state index in [2.05, 4.69) is 15.1 Å². The number of anilines is 2. The Morgan fingerprint density at radius 1 is 1.19 bits per heavy atom. The number of benzene rings is 2.